The van der Waals surface area contributed by atoms with Gasteiger partial charge in [-0.2, -0.15) is 0 Å². The molecule has 83 heavy (non-hydrogen) atoms. The number of anilines is 6. The highest BCUT2D eigenvalue weighted by molar-refractivity contribution is 9.10. The second kappa shape index (κ2) is 21.2. The van der Waals surface area contributed by atoms with Gasteiger partial charge in [0, 0.05) is 71.5 Å². The molecule has 0 aliphatic rings. The number of hydrogen-bond donors (Lipinski definition) is 0. The van der Waals surface area contributed by atoms with Gasteiger partial charge in [-0.1, -0.05) is 186 Å². The molecule has 0 N–H and O–H groups in total. The highest BCUT2D eigenvalue weighted by atomic mass is 79.9. The summed E-state index contributed by atoms with van der Waals surface area (Å²) in [5.41, 5.74) is 23.0. The van der Waals surface area contributed by atoms with Gasteiger partial charge in [-0.25, -0.2) is 0 Å². The number of nitrogens with zero attached hydrogens (tertiary/aromatic N) is 4. The van der Waals surface area contributed by atoms with Crippen LogP contribution in [-0.2, 0) is 0 Å². The second-order valence-corrected chi connectivity index (χ2v) is 22.0. The van der Waals surface area contributed by atoms with Gasteiger partial charge in [-0.3, -0.25) is 0 Å². The van der Waals surface area contributed by atoms with Gasteiger partial charge in [0.1, 0.15) is 0 Å². The molecular weight excluding hydrogens is 1070 g/mol. The number of fused-ring (bicyclic) bond motifs is 6. The van der Waals surface area contributed by atoms with Crippen LogP contribution in [0.3, 0.4) is 0 Å². The van der Waals surface area contributed by atoms with Gasteiger partial charge in [0.05, 0.1) is 22.1 Å². The lowest BCUT2D eigenvalue weighted by Gasteiger charge is -2.25. The van der Waals surface area contributed by atoms with E-state index >= 15 is 0 Å². The first-order valence-corrected chi connectivity index (χ1v) is 29.0. The third kappa shape index (κ3) is 9.24. The molecular formula is C78H53BrN4. The zero-order valence-electron chi connectivity index (χ0n) is 45.3. The Bertz CT molecular complexity index is 4420. The first kappa shape index (κ1) is 49.6. The van der Waals surface area contributed by atoms with E-state index in [2.05, 4.69) is 356 Å². The highest BCUT2D eigenvalue weighted by Crippen LogP contribution is 2.42. The SMILES string of the molecule is Brc1cc(-c2ccc3c(c2)c2ccccc2n3-c2ccc(-c3ccc(N(c4ccccc4)c4ccccc4)cc3)cc2)cc(-c2ccc3c(c2)c2ccccc2n3-c2ccc(-c3ccc(N(c4ccccc4)c4ccccc4)cc3)cc2)c1. The third-order valence-electron chi connectivity index (χ3n) is 16.1. The van der Waals surface area contributed by atoms with E-state index in [1.807, 2.05) is 0 Å². The van der Waals surface area contributed by atoms with Gasteiger partial charge in [-0.15, -0.1) is 0 Å². The van der Waals surface area contributed by atoms with Crippen LogP contribution < -0.4 is 9.80 Å². The van der Waals surface area contributed by atoms with Gasteiger partial charge >= 0.3 is 0 Å². The molecule has 4 nitrogen and oxygen atoms in total. The molecule has 0 bridgehead atoms. The number of rotatable bonds is 12. The van der Waals surface area contributed by atoms with Gasteiger partial charge < -0.3 is 18.9 Å². The van der Waals surface area contributed by atoms with Crippen molar-refractivity contribution in [2.45, 2.75) is 0 Å². The summed E-state index contributed by atoms with van der Waals surface area (Å²) < 4.78 is 5.83. The lowest BCUT2D eigenvalue weighted by molar-refractivity contribution is 1.18. The highest BCUT2D eigenvalue weighted by Gasteiger charge is 2.19. The minimum Gasteiger partial charge on any atom is -0.311 e. The van der Waals surface area contributed by atoms with E-state index in [1.54, 1.807) is 0 Å². The second-order valence-electron chi connectivity index (χ2n) is 21.1. The van der Waals surface area contributed by atoms with Crippen molar-refractivity contribution >= 4 is 93.7 Å². The minimum atomic E-state index is 1.04. The zero-order chi connectivity index (χ0) is 55.2. The molecule has 15 aromatic rings. The number of para-hydroxylation sites is 6. The maximum Gasteiger partial charge on any atom is 0.0541 e. The Morgan fingerprint density at radius 2 is 0.482 bits per heavy atom. The van der Waals surface area contributed by atoms with E-state index in [-0.39, 0.29) is 0 Å². The summed E-state index contributed by atoms with van der Waals surface area (Å²) in [6.07, 6.45) is 0. The van der Waals surface area contributed by atoms with Crippen LogP contribution in [0.25, 0.3) is 99.5 Å². The monoisotopic (exact) mass is 1120 g/mol. The Morgan fingerprint density at radius 3 is 0.831 bits per heavy atom. The van der Waals surface area contributed by atoms with Crippen molar-refractivity contribution in [3.05, 3.63) is 326 Å². The van der Waals surface area contributed by atoms with E-state index < -0.39 is 0 Å². The van der Waals surface area contributed by atoms with E-state index in [0.717, 1.165) is 61.1 Å². The molecule has 13 aromatic carbocycles. The van der Waals surface area contributed by atoms with Crippen molar-refractivity contribution in [1.29, 1.82) is 0 Å². The molecule has 0 aliphatic carbocycles. The van der Waals surface area contributed by atoms with E-state index in [9.17, 15) is 0 Å². The molecule has 0 amide bonds. The zero-order valence-corrected chi connectivity index (χ0v) is 46.9. The summed E-state index contributed by atoms with van der Waals surface area (Å²) in [4.78, 5) is 4.59. The summed E-state index contributed by atoms with van der Waals surface area (Å²) in [5.74, 6) is 0. The predicted molar refractivity (Wildman–Crippen MR) is 354 cm³/mol. The lowest BCUT2D eigenvalue weighted by Crippen LogP contribution is -2.09. The smallest absolute Gasteiger partial charge is 0.0541 e. The Kier molecular flexibility index (Phi) is 12.7. The first-order chi connectivity index (χ1) is 41.1. The third-order valence-corrected chi connectivity index (χ3v) is 16.6. The molecule has 2 aromatic heterocycles. The molecule has 0 spiro atoms. The van der Waals surface area contributed by atoms with Crippen LogP contribution in [-0.4, -0.2) is 9.13 Å². The Labute approximate surface area is 491 Å². The topological polar surface area (TPSA) is 16.3 Å². The molecule has 0 fully saturated rings. The van der Waals surface area contributed by atoms with Crippen LogP contribution in [0, 0.1) is 0 Å². The molecule has 392 valence electrons. The number of benzene rings is 13. The van der Waals surface area contributed by atoms with Gasteiger partial charge in [-0.05, 0) is 196 Å². The predicted octanol–water partition coefficient (Wildman–Crippen LogP) is 22.3. The lowest BCUT2D eigenvalue weighted by atomic mass is 9.97. The summed E-state index contributed by atoms with van der Waals surface area (Å²) in [6.45, 7) is 0. The molecule has 5 heteroatoms. The number of halogens is 1. The number of hydrogen-bond acceptors (Lipinski definition) is 2. The molecule has 15 rings (SSSR count). The van der Waals surface area contributed by atoms with Crippen LogP contribution in [0.15, 0.2) is 326 Å². The average Bonchev–Trinajstić information content (AvgIpc) is 4.19. The minimum absolute atomic E-state index is 1.04. The van der Waals surface area contributed by atoms with Crippen LogP contribution in [0.5, 0.6) is 0 Å². The molecule has 0 saturated heterocycles. The van der Waals surface area contributed by atoms with Crippen molar-refractivity contribution in [2.24, 2.45) is 0 Å². The fourth-order valence-electron chi connectivity index (χ4n) is 12.2. The maximum atomic E-state index is 3.95. The summed E-state index contributed by atoms with van der Waals surface area (Å²) in [7, 11) is 0. The van der Waals surface area contributed by atoms with Gasteiger partial charge in [0.2, 0.25) is 0 Å². The Morgan fingerprint density at radius 1 is 0.205 bits per heavy atom. The molecule has 0 unspecified atom stereocenters. The first-order valence-electron chi connectivity index (χ1n) is 28.2. The fourth-order valence-corrected chi connectivity index (χ4v) is 12.7. The molecule has 0 saturated carbocycles. The Hall–Kier alpha value is -10.5. The number of aromatic nitrogens is 2. The normalized spacial score (nSPS) is 11.4. The van der Waals surface area contributed by atoms with E-state index in [1.165, 1.54) is 77.0 Å². The van der Waals surface area contributed by atoms with E-state index in [0.29, 0.717) is 0 Å². The van der Waals surface area contributed by atoms with Crippen LogP contribution in [0.4, 0.5) is 34.1 Å². The van der Waals surface area contributed by atoms with Crippen molar-refractivity contribution in [3.63, 3.8) is 0 Å². The van der Waals surface area contributed by atoms with Crippen molar-refractivity contribution in [1.82, 2.24) is 9.13 Å². The molecule has 0 atom stereocenters. The molecule has 0 aliphatic heterocycles. The molecule has 0 radical (unpaired) electrons. The van der Waals surface area contributed by atoms with Crippen molar-refractivity contribution in [3.8, 4) is 55.9 Å². The van der Waals surface area contributed by atoms with Crippen LogP contribution in [0.1, 0.15) is 0 Å². The summed E-state index contributed by atoms with van der Waals surface area (Å²) in [6, 6.07) is 116. The molecule has 2 heterocycles. The quantitative estimate of drug-likeness (QED) is 0.121. The summed E-state index contributed by atoms with van der Waals surface area (Å²) in [5, 5.41) is 4.88. The Balaban J connectivity index is 0.715. The maximum absolute atomic E-state index is 3.95. The van der Waals surface area contributed by atoms with Crippen LogP contribution >= 0.6 is 15.9 Å². The van der Waals surface area contributed by atoms with Crippen molar-refractivity contribution < 1.29 is 0 Å². The average molecular weight is 1130 g/mol. The largest absolute Gasteiger partial charge is 0.311 e. The summed E-state index contributed by atoms with van der Waals surface area (Å²) >= 11 is 3.95. The van der Waals surface area contributed by atoms with Gasteiger partial charge in [0.25, 0.3) is 0 Å². The van der Waals surface area contributed by atoms with Crippen LogP contribution in [0.2, 0.25) is 0 Å². The van der Waals surface area contributed by atoms with Gasteiger partial charge in [0.15, 0.2) is 0 Å². The fraction of sp³-hybridized carbons (Fsp3) is 0. The van der Waals surface area contributed by atoms with E-state index in [4.69, 9.17) is 0 Å². The standard InChI is InChI=1S/C78H53BrN4/c79-62-50-60(58-37-47-77-73(52-58)71-25-13-15-27-75(71)82(77)69-43-33-56(34-44-69)54-29-39-67(40-30-54)80(63-17-5-1-6-18-63)64-19-7-2-8-20-64)49-61(51-62)59-38-48-78-74(53-59)72-26-14-16-28-76(72)83(78)70-45-35-57(36-46-70)55-31-41-68(42-32-55)81(65-21-9-3-10-22-65)66-23-11-4-12-24-66/h1-53H. The van der Waals surface area contributed by atoms with Crippen molar-refractivity contribution in [2.75, 3.05) is 9.80 Å².